The molecule has 0 aromatic rings. The molecule has 0 saturated heterocycles. The Labute approximate surface area is 35.8 Å². The van der Waals surface area contributed by atoms with Gasteiger partial charge in [0.05, 0.1) is 0 Å². The van der Waals surface area contributed by atoms with Crippen molar-refractivity contribution in [3.05, 3.63) is 0 Å². The molecular formula is C2H7N3O. The summed E-state index contributed by atoms with van der Waals surface area (Å²) in [5.41, 5.74) is 0. The first-order valence-electron chi connectivity index (χ1n) is 1.42. The van der Waals surface area contributed by atoms with Crippen molar-refractivity contribution < 1.29 is 5.21 Å². The number of hydrogen-bond donors (Lipinski definition) is 2. The summed E-state index contributed by atoms with van der Waals surface area (Å²) in [4.78, 5) is 0. The van der Waals surface area contributed by atoms with Gasteiger partial charge in [0.1, 0.15) is 6.34 Å². The van der Waals surface area contributed by atoms with E-state index in [1.165, 1.54) is 0 Å². The van der Waals surface area contributed by atoms with Crippen molar-refractivity contribution in [2.75, 3.05) is 7.05 Å². The molecule has 0 fully saturated rings. The quantitative estimate of drug-likeness (QED) is 0.145. The second kappa shape index (κ2) is 2.47. The first-order valence-corrected chi connectivity index (χ1v) is 1.42. The Balaban J connectivity index is 3.03. The third kappa shape index (κ3) is 3.23. The molecule has 4 nitrogen and oxygen atoms in total. The average molecular weight is 89.1 g/mol. The monoisotopic (exact) mass is 89.1 g/mol. The minimum absolute atomic E-state index is 1.08. The molecule has 0 atom stereocenters. The molecule has 0 aliphatic carbocycles. The van der Waals surface area contributed by atoms with E-state index in [-0.39, 0.29) is 0 Å². The number of oxime groups is 1. The van der Waals surface area contributed by atoms with Gasteiger partial charge in [0.25, 0.3) is 0 Å². The van der Waals surface area contributed by atoms with E-state index >= 15 is 0 Å². The first-order chi connectivity index (χ1) is 2.77. The lowest BCUT2D eigenvalue weighted by molar-refractivity contribution is 0.312. The summed E-state index contributed by atoms with van der Waals surface area (Å²) in [7, 11) is 1.56. The Hall–Kier alpha value is -0.770. The predicted molar refractivity (Wildman–Crippen MR) is 22.2 cm³/mol. The second-order valence-corrected chi connectivity index (χ2v) is 0.896. The largest absolute Gasteiger partial charge is 0.410 e. The van der Waals surface area contributed by atoms with Gasteiger partial charge in [0, 0.05) is 7.05 Å². The molecule has 3 N–H and O–H groups in total. The minimum Gasteiger partial charge on any atom is -0.410 e. The van der Waals surface area contributed by atoms with Crippen LogP contribution >= 0.6 is 0 Å². The van der Waals surface area contributed by atoms with Crippen LogP contribution in [0.2, 0.25) is 0 Å². The van der Waals surface area contributed by atoms with E-state index in [4.69, 9.17) is 11.0 Å². The first kappa shape index (κ1) is 5.23. The lowest BCUT2D eigenvalue weighted by Gasteiger charge is -1.97. The zero-order chi connectivity index (χ0) is 4.99. The molecule has 0 radical (unpaired) electrons. The highest BCUT2D eigenvalue weighted by Crippen LogP contribution is 1.52. The van der Waals surface area contributed by atoms with Gasteiger partial charge in [-0.3, -0.25) is 0 Å². The Kier molecular flexibility index (Phi) is 2.15. The van der Waals surface area contributed by atoms with E-state index in [1.54, 1.807) is 7.05 Å². The van der Waals surface area contributed by atoms with Crippen LogP contribution in [-0.4, -0.2) is 23.6 Å². The number of hydrazine groups is 1. The van der Waals surface area contributed by atoms with Gasteiger partial charge in [-0.2, -0.15) is 0 Å². The van der Waals surface area contributed by atoms with E-state index in [0.29, 0.717) is 0 Å². The van der Waals surface area contributed by atoms with Crippen molar-refractivity contribution >= 4 is 6.34 Å². The number of hydrogen-bond acceptors (Lipinski definition) is 3. The molecule has 0 heterocycles. The Morgan fingerprint density at radius 3 is 2.50 bits per heavy atom. The maximum Gasteiger partial charge on any atom is 0.144 e. The summed E-state index contributed by atoms with van der Waals surface area (Å²) < 4.78 is 0. The molecule has 0 rings (SSSR count). The van der Waals surface area contributed by atoms with Crippen LogP contribution < -0.4 is 5.84 Å². The van der Waals surface area contributed by atoms with Crippen LogP contribution in [-0.2, 0) is 0 Å². The third-order valence-electron chi connectivity index (χ3n) is 0.234. The Morgan fingerprint density at radius 1 is 2.00 bits per heavy atom. The topological polar surface area (TPSA) is 61.8 Å². The molecule has 0 aliphatic heterocycles. The molecule has 0 saturated carbocycles. The van der Waals surface area contributed by atoms with Crippen molar-refractivity contribution in [2.45, 2.75) is 0 Å². The molecule has 0 bridgehead atoms. The molecule has 0 amide bonds. The summed E-state index contributed by atoms with van der Waals surface area (Å²) in [6.07, 6.45) is 1.08. The summed E-state index contributed by atoms with van der Waals surface area (Å²) in [6, 6.07) is 0. The van der Waals surface area contributed by atoms with Gasteiger partial charge in [-0.25, -0.2) is 5.84 Å². The van der Waals surface area contributed by atoms with Crippen molar-refractivity contribution in [1.29, 1.82) is 0 Å². The fraction of sp³-hybridized carbons (Fsp3) is 0.500. The van der Waals surface area contributed by atoms with Crippen LogP contribution in [0, 0.1) is 0 Å². The molecule has 6 heavy (non-hydrogen) atoms. The Bertz CT molecular complexity index is 50.8. The van der Waals surface area contributed by atoms with Crippen LogP contribution in [0.3, 0.4) is 0 Å². The molecule has 0 aromatic carbocycles. The number of nitrogens with zero attached hydrogens (tertiary/aromatic N) is 2. The number of rotatable bonds is 1. The minimum atomic E-state index is 1.08. The van der Waals surface area contributed by atoms with E-state index < -0.39 is 0 Å². The van der Waals surface area contributed by atoms with Gasteiger partial charge in [-0.05, 0) is 0 Å². The molecule has 0 spiro atoms. The van der Waals surface area contributed by atoms with Gasteiger partial charge in [0.2, 0.25) is 0 Å². The third-order valence-corrected chi connectivity index (χ3v) is 0.234. The molecule has 0 aromatic heterocycles. The van der Waals surface area contributed by atoms with E-state index in [1.807, 2.05) is 0 Å². The molecule has 0 aliphatic rings. The van der Waals surface area contributed by atoms with Crippen molar-refractivity contribution in [2.24, 2.45) is 11.0 Å². The lowest BCUT2D eigenvalue weighted by atomic mass is 11.1. The molecule has 4 heteroatoms. The maximum absolute atomic E-state index is 7.68. The lowest BCUT2D eigenvalue weighted by Crippen LogP contribution is -2.23. The highest BCUT2D eigenvalue weighted by molar-refractivity contribution is 5.51. The summed E-state index contributed by atoms with van der Waals surface area (Å²) >= 11 is 0. The van der Waals surface area contributed by atoms with Gasteiger partial charge in [-0.15, -0.1) is 0 Å². The van der Waals surface area contributed by atoms with E-state index in [2.05, 4.69) is 5.16 Å². The van der Waals surface area contributed by atoms with Crippen LogP contribution in [0.25, 0.3) is 0 Å². The normalized spacial score (nSPS) is 9.67. The van der Waals surface area contributed by atoms with E-state index in [9.17, 15) is 0 Å². The van der Waals surface area contributed by atoms with Crippen LogP contribution in [0.4, 0.5) is 0 Å². The average Bonchev–Trinajstić information content (AvgIpc) is 1.35. The smallest absolute Gasteiger partial charge is 0.144 e. The zero-order valence-corrected chi connectivity index (χ0v) is 3.50. The van der Waals surface area contributed by atoms with Crippen LogP contribution in [0.15, 0.2) is 5.16 Å². The van der Waals surface area contributed by atoms with Crippen molar-refractivity contribution in [1.82, 2.24) is 5.01 Å². The molecule has 36 valence electrons. The van der Waals surface area contributed by atoms with E-state index in [0.717, 1.165) is 11.3 Å². The zero-order valence-electron chi connectivity index (χ0n) is 3.50. The van der Waals surface area contributed by atoms with Crippen molar-refractivity contribution in [3.63, 3.8) is 0 Å². The second-order valence-electron chi connectivity index (χ2n) is 0.896. The summed E-state index contributed by atoms with van der Waals surface area (Å²) in [6.45, 7) is 0. The fourth-order valence-corrected chi connectivity index (χ4v) is 0.0815. The fourth-order valence-electron chi connectivity index (χ4n) is 0.0815. The SMILES string of the molecule is CN(N)C=NO. The van der Waals surface area contributed by atoms with Gasteiger partial charge < -0.3 is 10.2 Å². The summed E-state index contributed by atoms with van der Waals surface area (Å²) in [5, 5.41) is 11.4. The molecule has 0 unspecified atom stereocenters. The van der Waals surface area contributed by atoms with Crippen LogP contribution in [0.5, 0.6) is 0 Å². The van der Waals surface area contributed by atoms with Crippen molar-refractivity contribution in [3.8, 4) is 0 Å². The summed E-state index contributed by atoms with van der Waals surface area (Å²) in [5.74, 6) is 4.93. The standard InChI is InChI=1S/C2H7N3O/c1-5(3)2-4-6/h2,6H,3H2,1H3. The Morgan fingerprint density at radius 2 is 2.50 bits per heavy atom. The predicted octanol–water partition coefficient (Wildman–Crippen LogP) is -0.791. The highest BCUT2D eigenvalue weighted by Gasteiger charge is 1.69. The van der Waals surface area contributed by atoms with Gasteiger partial charge >= 0.3 is 0 Å². The molecular weight excluding hydrogens is 82.0 g/mol. The maximum atomic E-state index is 7.68. The number of nitrogens with two attached hydrogens (primary N) is 1. The highest BCUT2D eigenvalue weighted by atomic mass is 16.4. The van der Waals surface area contributed by atoms with Gasteiger partial charge in [0.15, 0.2) is 0 Å². The van der Waals surface area contributed by atoms with Crippen LogP contribution in [0.1, 0.15) is 0 Å². The van der Waals surface area contributed by atoms with Gasteiger partial charge in [-0.1, -0.05) is 5.16 Å².